The zero-order valence-electron chi connectivity index (χ0n) is 11.4. The molecule has 1 aromatic rings. The van der Waals surface area contributed by atoms with Crippen LogP contribution in [0.25, 0.3) is 0 Å². The monoisotopic (exact) mass is 263 g/mol. The number of aliphatic hydroxyl groups is 1. The van der Waals surface area contributed by atoms with E-state index >= 15 is 0 Å². The van der Waals surface area contributed by atoms with Crippen LogP contribution in [0.5, 0.6) is 0 Å². The largest absolute Gasteiger partial charge is 0.390 e. The van der Waals surface area contributed by atoms with Crippen LogP contribution < -0.4 is 5.73 Å². The topological polar surface area (TPSA) is 69.8 Å². The Morgan fingerprint density at radius 1 is 1.37 bits per heavy atom. The molecule has 0 saturated carbocycles. The van der Waals surface area contributed by atoms with Crippen LogP contribution in [0.1, 0.15) is 15.9 Å². The molecule has 1 aliphatic heterocycles. The summed E-state index contributed by atoms with van der Waals surface area (Å²) >= 11 is 0. The summed E-state index contributed by atoms with van der Waals surface area (Å²) in [5.41, 5.74) is 6.86. The van der Waals surface area contributed by atoms with E-state index in [0.29, 0.717) is 12.1 Å². The molecule has 1 aromatic carbocycles. The lowest BCUT2D eigenvalue weighted by atomic mass is 10.1. The molecule has 5 nitrogen and oxygen atoms in total. The molecule has 1 fully saturated rings. The maximum absolute atomic E-state index is 11.0. The Labute approximate surface area is 113 Å². The number of carbonyl (C=O) groups is 1. The second-order valence-corrected chi connectivity index (χ2v) is 5.35. The number of likely N-dealkylation sites (N-methyl/N-ethyl adjacent to an activating group) is 1. The lowest BCUT2D eigenvalue weighted by Crippen LogP contribution is -2.37. The van der Waals surface area contributed by atoms with E-state index in [1.807, 2.05) is 26.2 Å². The van der Waals surface area contributed by atoms with Crippen LogP contribution in [0.4, 0.5) is 0 Å². The number of nitrogens with zero attached hydrogens (tertiary/aromatic N) is 2. The van der Waals surface area contributed by atoms with Crippen molar-refractivity contribution in [3.05, 3.63) is 35.4 Å². The number of primary amides is 1. The first kappa shape index (κ1) is 14.0. The van der Waals surface area contributed by atoms with Crippen LogP contribution in [0.15, 0.2) is 24.3 Å². The summed E-state index contributed by atoms with van der Waals surface area (Å²) in [7, 11) is 3.97. The molecule has 1 aliphatic rings. The van der Waals surface area contributed by atoms with Gasteiger partial charge in [-0.25, -0.2) is 0 Å². The van der Waals surface area contributed by atoms with Gasteiger partial charge in [0.2, 0.25) is 5.91 Å². The molecule has 0 aromatic heterocycles. The van der Waals surface area contributed by atoms with E-state index in [2.05, 4.69) is 9.80 Å². The molecular formula is C14H21N3O2. The predicted octanol–water partition coefficient (Wildman–Crippen LogP) is -0.108. The van der Waals surface area contributed by atoms with Crippen molar-refractivity contribution in [1.82, 2.24) is 9.80 Å². The third-order valence-corrected chi connectivity index (χ3v) is 3.64. The standard InChI is InChI=1S/C14H21N3O2/c1-16(2)12-8-17(9-13(12)18)7-10-3-5-11(6-4-10)14(15)19/h3-6,12-13,18H,7-9H2,1-2H3,(H2,15,19)/t12-,13-/m0/s1. The number of β-amino-alcohol motifs (C(OH)–C–C–N with tert-alkyl or cyclic N) is 1. The Hall–Kier alpha value is -1.43. The normalized spacial score (nSPS) is 24.0. The van der Waals surface area contributed by atoms with Crippen molar-refractivity contribution >= 4 is 5.91 Å². The van der Waals surface area contributed by atoms with Crippen molar-refractivity contribution in [1.29, 1.82) is 0 Å². The molecule has 2 rings (SSSR count). The summed E-state index contributed by atoms with van der Waals surface area (Å²) in [6.07, 6.45) is -0.306. The Morgan fingerprint density at radius 2 is 2.00 bits per heavy atom. The number of likely N-dealkylation sites (tertiary alicyclic amines) is 1. The van der Waals surface area contributed by atoms with Crippen LogP contribution in [0, 0.1) is 0 Å². The molecule has 0 bridgehead atoms. The highest BCUT2D eigenvalue weighted by atomic mass is 16.3. The van der Waals surface area contributed by atoms with Gasteiger partial charge in [0.15, 0.2) is 0 Å². The molecule has 104 valence electrons. The van der Waals surface area contributed by atoms with Crippen molar-refractivity contribution in [2.45, 2.75) is 18.7 Å². The summed E-state index contributed by atoms with van der Waals surface area (Å²) in [5.74, 6) is -0.407. The van der Waals surface area contributed by atoms with Gasteiger partial charge in [0.25, 0.3) is 0 Å². The van der Waals surface area contributed by atoms with E-state index < -0.39 is 5.91 Å². The summed E-state index contributed by atoms with van der Waals surface area (Å²) in [4.78, 5) is 15.3. The van der Waals surface area contributed by atoms with Crippen LogP contribution in [-0.2, 0) is 6.54 Å². The first-order valence-electron chi connectivity index (χ1n) is 6.43. The first-order chi connectivity index (χ1) is 8.97. The summed E-state index contributed by atoms with van der Waals surface area (Å²) in [6, 6.07) is 7.50. The lowest BCUT2D eigenvalue weighted by Gasteiger charge is -2.21. The predicted molar refractivity (Wildman–Crippen MR) is 73.7 cm³/mol. The second kappa shape index (κ2) is 5.69. The molecule has 0 unspecified atom stereocenters. The average Bonchev–Trinajstić information content (AvgIpc) is 2.71. The summed E-state index contributed by atoms with van der Waals surface area (Å²) in [5, 5.41) is 9.98. The minimum Gasteiger partial charge on any atom is -0.390 e. The number of rotatable bonds is 4. The lowest BCUT2D eigenvalue weighted by molar-refractivity contribution is 0.1000. The average molecular weight is 263 g/mol. The number of amides is 1. The Bertz CT molecular complexity index is 445. The molecule has 0 aliphatic carbocycles. The second-order valence-electron chi connectivity index (χ2n) is 5.35. The van der Waals surface area contributed by atoms with Gasteiger partial charge in [-0.15, -0.1) is 0 Å². The van der Waals surface area contributed by atoms with Gasteiger partial charge in [-0.3, -0.25) is 9.69 Å². The van der Waals surface area contributed by atoms with Gasteiger partial charge in [-0.1, -0.05) is 12.1 Å². The fourth-order valence-electron chi connectivity index (χ4n) is 2.52. The van der Waals surface area contributed by atoms with Gasteiger partial charge >= 0.3 is 0 Å². The van der Waals surface area contributed by atoms with Crippen molar-refractivity contribution in [2.24, 2.45) is 5.73 Å². The molecule has 1 amide bonds. The molecule has 3 N–H and O–H groups in total. The van der Waals surface area contributed by atoms with Gasteiger partial charge < -0.3 is 15.7 Å². The first-order valence-corrected chi connectivity index (χ1v) is 6.43. The fourth-order valence-corrected chi connectivity index (χ4v) is 2.52. The van der Waals surface area contributed by atoms with E-state index in [4.69, 9.17) is 5.73 Å². The molecule has 19 heavy (non-hydrogen) atoms. The van der Waals surface area contributed by atoms with E-state index in [1.165, 1.54) is 0 Å². The maximum atomic E-state index is 11.0. The highest BCUT2D eigenvalue weighted by molar-refractivity contribution is 5.92. The molecular weight excluding hydrogens is 242 g/mol. The summed E-state index contributed by atoms with van der Waals surface area (Å²) < 4.78 is 0. The molecule has 0 radical (unpaired) electrons. The molecule has 1 heterocycles. The molecule has 2 atom stereocenters. The maximum Gasteiger partial charge on any atom is 0.248 e. The van der Waals surface area contributed by atoms with Gasteiger partial charge in [0, 0.05) is 31.2 Å². The van der Waals surface area contributed by atoms with Crippen LogP contribution >= 0.6 is 0 Å². The Morgan fingerprint density at radius 3 is 2.47 bits per heavy atom. The van der Waals surface area contributed by atoms with E-state index in [0.717, 1.165) is 18.7 Å². The number of carbonyl (C=O) groups excluding carboxylic acids is 1. The Balaban J connectivity index is 1.97. The van der Waals surface area contributed by atoms with Crippen LogP contribution in [-0.4, -0.2) is 60.1 Å². The quantitative estimate of drug-likeness (QED) is 0.795. The van der Waals surface area contributed by atoms with Gasteiger partial charge in [-0.05, 0) is 31.8 Å². The minimum atomic E-state index is -0.407. The SMILES string of the molecule is CN(C)[C@H]1CN(Cc2ccc(C(N)=O)cc2)C[C@@H]1O. The van der Waals surface area contributed by atoms with E-state index in [-0.39, 0.29) is 12.1 Å². The van der Waals surface area contributed by atoms with Crippen molar-refractivity contribution in [3.63, 3.8) is 0 Å². The Kier molecular flexibility index (Phi) is 4.19. The van der Waals surface area contributed by atoms with Crippen molar-refractivity contribution in [2.75, 3.05) is 27.2 Å². The fraction of sp³-hybridized carbons (Fsp3) is 0.500. The molecule has 0 spiro atoms. The van der Waals surface area contributed by atoms with Gasteiger partial charge in [-0.2, -0.15) is 0 Å². The number of nitrogens with two attached hydrogens (primary N) is 1. The number of aliphatic hydroxyl groups excluding tert-OH is 1. The highest BCUT2D eigenvalue weighted by Gasteiger charge is 2.32. The van der Waals surface area contributed by atoms with Crippen LogP contribution in [0.2, 0.25) is 0 Å². The van der Waals surface area contributed by atoms with Gasteiger partial charge in [0.1, 0.15) is 0 Å². The number of hydrogen-bond acceptors (Lipinski definition) is 4. The van der Waals surface area contributed by atoms with Crippen LogP contribution in [0.3, 0.4) is 0 Å². The zero-order chi connectivity index (χ0) is 14.0. The van der Waals surface area contributed by atoms with E-state index in [1.54, 1.807) is 12.1 Å². The third kappa shape index (κ3) is 3.32. The van der Waals surface area contributed by atoms with Gasteiger partial charge in [0.05, 0.1) is 6.10 Å². The van der Waals surface area contributed by atoms with Crippen molar-refractivity contribution in [3.8, 4) is 0 Å². The third-order valence-electron chi connectivity index (χ3n) is 3.64. The zero-order valence-corrected chi connectivity index (χ0v) is 11.4. The summed E-state index contributed by atoms with van der Waals surface area (Å²) in [6.45, 7) is 2.31. The highest BCUT2D eigenvalue weighted by Crippen LogP contribution is 2.17. The number of benzene rings is 1. The molecule has 1 saturated heterocycles. The molecule has 5 heteroatoms. The number of hydrogen-bond donors (Lipinski definition) is 2. The van der Waals surface area contributed by atoms with E-state index in [9.17, 15) is 9.90 Å². The smallest absolute Gasteiger partial charge is 0.248 e. The minimum absolute atomic E-state index is 0.185. The van der Waals surface area contributed by atoms with Crippen molar-refractivity contribution < 1.29 is 9.90 Å².